The van der Waals surface area contributed by atoms with Gasteiger partial charge < -0.3 is 15.2 Å². The van der Waals surface area contributed by atoms with Crippen molar-refractivity contribution in [2.45, 2.75) is 19.9 Å². The van der Waals surface area contributed by atoms with Crippen LogP contribution < -0.4 is 5.73 Å². The number of ketones is 1. The summed E-state index contributed by atoms with van der Waals surface area (Å²) in [6.45, 7) is 5.95. The van der Waals surface area contributed by atoms with Crippen LogP contribution in [0.25, 0.3) is 0 Å². The van der Waals surface area contributed by atoms with Gasteiger partial charge in [-0.3, -0.25) is 9.69 Å². The number of nitrogen functional groups attached to an aromatic ring is 1. The molecule has 3 rings (SSSR count). The number of benzene rings is 1. The second-order valence-corrected chi connectivity index (χ2v) is 7.12. The highest BCUT2D eigenvalue weighted by Gasteiger charge is 2.24. The number of ether oxygens (including phenoxy) is 2. The minimum Gasteiger partial charge on any atom is -0.454 e. The summed E-state index contributed by atoms with van der Waals surface area (Å²) >= 11 is 6.02. The van der Waals surface area contributed by atoms with Gasteiger partial charge in [0.1, 0.15) is 11.4 Å². The summed E-state index contributed by atoms with van der Waals surface area (Å²) < 4.78 is 12.2. The van der Waals surface area contributed by atoms with E-state index in [4.69, 9.17) is 26.8 Å². The number of carbonyl (C=O) groups is 2. The number of rotatable bonds is 8. The molecule has 0 spiro atoms. The smallest absolute Gasteiger partial charge is 0.344 e. The van der Waals surface area contributed by atoms with Crippen LogP contribution in [0.1, 0.15) is 33.3 Å². The Labute approximate surface area is 174 Å². The molecule has 2 aromatic rings. The maximum absolute atomic E-state index is 12.6. The number of carbonyl (C=O) groups excluding carboxylic acids is 2. The predicted octanol–water partition coefficient (Wildman–Crippen LogP) is 2.05. The highest BCUT2D eigenvalue weighted by Crippen LogP contribution is 2.20. The number of aryl methyl sites for hydroxylation is 1. The van der Waals surface area contributed by atoms with E-state index in [2.05, 4.69) is 10.00 Å². The van der Waals surface area contributed by atoms with Crippen molar-refractivity contribution < 1.29 is 19.1 Å². The van der Waals surface area contributed by atoms with Gasteiger partial charge in [0, 0.05) is 25.2 Å². The fourth-order valence-electron chi connectivity index (χ4n) is 3.20. The molecule has 0 saturated carbocycles. The Balaban J connectivity index is 1.65. The lowest BCUT2D eigenvalue weighted by molar-refractivity contribution is 0.0360. The van der Waals surface area contributed by atoms with Crippen molar-refractivity contribution in [2.24, 2.45) is 0 Å². The third-order valence-electron chi connectivity index (χ3n) is 4.84. The van der Waals surface area contributed by atoms with Crippen LogP contribution in [0.2, 0.25) is 5.02 Å². The second kappa shape index (κ2) is 9.87. The number of anilines is 1. The van der Waals surface area contributed by atoms with Gasteiger partial charge in [0.25, 0.3) is 0 Å². The van der Waals surface area contributed by atoms with Gasteiger partial charge in [-0.15, -0.1) is 0 Å². The van der Waals surface area contributed by atoms with Gasteiger partial charge in [-0.05, 0) is 18.6 Å². The number of nitrogens with zero attached hydrogens (tertiary/aromatic N) is 3. The van der Waals surface area contributed by atoms with Crippen LogP contribution >= 0.6 is 11.6 Å². The molecular formula is C20H25ClN4O4. The Kier molecular flexibility index (Phi) is 7.24. The van der Waals surface area contributed by atoms with E-state index in [1.54, 1.807) is 28.9 Å². The van der Waals surface area contributed by atoms with Crippen molar-refractivity contribution in [3.05, 3.63) is 46.1 Å². The molecule has 0 atom stereocenters. The Morgan fingerprint density at radius 1 is 1.24 bits per heavy atom. The molecule has 1 aromatic carbocycles. The molecule has 0 unspecified atom stereocenters. The lowest BCUT2D eigenvalue weighted by Crippen LogP contribution is -2.38. The van der Waals surface area contributed by atoms with Crippen molar-refractivity contribution in [1.29, 1.82) is 0 Å². The van der Waals surface area contributed by atoms with Crippen LogP contribution in [-0.2, 0) is 22.4 Å². The molecule has 9 heteroatoms. The van der Waals surface area contributed by atoms with E-state index in [-0.39, 0.29) is 17.2 Å². The maximum Gasteiger partial charge on any atom is 0.344 e. The first-order chi connectivity index (χ1) is 14.0. The van der Waals surface area contributed by atoms with Gasteiger partial charge in [0.15, 0.2) is 6.61 Å². The highest BCUT2D eigenvalue weighted by atomic mass is 35.5. The summed E-state index contributed by atoms with van der Waals surface area (Å²) in [4.78, 5) is 27.2. The van der Waals surface area contributed by atoms with Crippen molar-refractivity contribution in [3.63, 3.8) is 0 Å². The molecule has 1 aromatic heterocycles. The van der Waals surface area contributed by atoms with E-state index in [0.29, 0.717) is 42.5 Å². The molecule has 0 bridgehead atoms. The standard InChI is InChI=1S/C20H25ClN4O4/c1-2-16-18(19(22)25(23-16)8-7-24-9-11-28-12-10-24)20(27)29-13-17(26)14-5-3-4-6-15(14)21/h3-6H,2,7-13,22H2,1H3. The zero-order valence-electron chi connectivity index (χ0n) is 16.4. The molecule has 2 N–H and O–H groups in total. The Hall–Kier alpha value is -2.42. The van der Waals surface area contributed by atoms with Gasteiger partial charge in [0.2, 0.25) is 5.78 Å². The van der Waals surface area contributed by atoms with Crippen molar-refractivity contribution >= 4 is 29.2 Å². The summed E-state index contributed by atoms with van der Waals surface area (Å²) in [6, 6.07) is 6.63. The Morgan fingerprint density at radius 3 is 2.66 bits per heavy atom. The summed E-state index contributed by atoms with van der Waals surface area (Å²) in [5.41, 5.74) is 7.28. The number of nitrogens with two attached hydrogens (primary N) is 1. The van der Waals surface area contributed by atoms with Crippen LogP contribution in [-0.4, -0.2) is 65.9 Å². The largest absolute Gasteiger partial charge is 0.454 e. The average Bonchev–Trinajstić information content (AvgIpc) is 3.07. The average molecular weight is 421 g/mol. The van der Waals surface area contributed by atoms with Crippen LogP contribution in [0.15, 0.2) is 24.3 Å². The quantitative estimate of drug-likeness (QED) is 0.515. The van der Waals surface area contributed by atoms with E-state index in [1.165, 1.54) is 0 Å². The zero-order chi connectivity index (χ0) is 20.8. The predicted molar refractivity (Wildman–Crippen MR) is 109 cm³/mol. The SMILES string of the molecule is CCc1nn(CCN2CCOCC2)c(N)c1C(=O)OCC(=O)c1ccccc1Cl. The van der Waals surface area contributed by atoms with Gasteiger partial charge >= 0.3 is 5.97 Å². The number of hydrogen-bond donors (Lipinski definition) is 1. The molecule has 1 aliphatic heterocycles. The molecule has 2 heterocycles. The zero-order valence-corrected chi connectivity index (χ0v) is 17.2. The van der Waals surface area contributed by atoms with Crippen LogP contribution in [0.5, 0.6) is 0 Å². The number of halogens is 1. The maximum atomic E-state index is 12.6. The first-order valence-corrected chi connectivity index (χ1v) is 9.99. The van der Waals surface area contributed by atoms with E-state index in [9.17, 15) is 9.59 Å². The minimum atomic E-state index is -0.655. The molecule has 156 valence electrons. The number of aromatic nitrogens is 2. The summed E-state index contributed by atoms with van der Waals surface area (Å²) in [5.74, 6) is -0.775. The molecule has 8 nitrogen and oxygen atoms in total. The molecule has 0 aliphatic carbocycles. The third kappa shape index (κ3) is 5.14. The first-order valence-electron chi connectivity index (χ1n) is 9.61. The number of Topliss-reactive ketones (excluding diaryl/α,β-unsaturated/α-hetero) is 1. The summed E-state index contributed by atoms with van der Waals surface area (Å²) in [6.07, 6.45) is 0.525. The Morgan fingerprint density at radius 2 is 1.97 bits per heavy atom. The summed E-state index contributed by atoms with van der Waals surface area (Å²) in [5, 5.41) is 4.78. The van der Waals surface area contributed by atoms with Gasteiger partial charge in [-0.25, -0.2) is 9.48 Å². The molecule has 0 amide bonds. The van der Waals surface area contributed by atoms with Crippen molar-refractivity contribution in [3.8, 4) is 0 Å². The lowest BCUT2D eigenvalue weighted by Gasteiger charge is -2.26. The number of morpholine rings is 1. The monoisotopic (exact) mass is 420 g/mol. The van der Waals surface area contributed by atoms with E-state index in [1.807, 2.05) is 6.92 Å². The molecule has 1 aliphatic rings. The minimum absolute atomic E-state index is 0.224. The first kappa shape index (κ1) is 21.3. The molecular weight excluding hydrogens is 396 g/mol. The van der Waals surface area contributed by atoms with Crippen LogP contribution in [0.4, 0.5) is 5.82 Å². The highest BCUT2D eigenvalue weighted by molar-refractivity contribution is 6.34. The second-order valence-electron chi connectivity index (χ2n) is 6.72. The normalized spacial score (nSPS) is 14.7. The molecule has 0 radical (unpaired) electrons. The van der Waals surface area contributed by atoms with Crippen LogP contribution in [0, 0.1) is 0 Å². The summed E-state index contributed by atoms with van der Waals surface area (Å²) in [7, 11) is 0. The van der Waals surface area contributed by atoms with E-state index in [0.717, 1.165) is 19.6 Å². The van der Waals surface area contributed by atoms with E-state index < -0.39 is 12.6 Å². The fourth-order valence-corrected chi connectivity index (χ4v) is 3.44. The van der Waals surface area contributed by atoms with Crippen LogP contribution in [0.3, 0.4) is 0 Å². The molecule has 1 fully saturated rings. The lowest BCUT2D eigenvalue weighted by atomic mass is 10.1. The van der Waals surface area contributed by atoms with Gasteiger partial charge in [-0.1, -0.05) is 30.7 Å². The molecule has 1 saturated heterocycles. The number of esters is 1. The number of hydrogen-bond acceptors (Lipinski definition) is 7. The van der Waals surface area contributed by atoms with Gasteiger partial charge in [0.05, 0.1) is 30.5 Å². The molecule has 29 heavy (non-hydrogen) atoms. The Bertz CT molecular complexity index is 877. The van der Waals surface area contributed by atoms with Gasteiger partial charge in [-0.2, -0.15) is 5.10 Å². The third-order valence-corrected chi connectivity index (χ3v) is 5.17. The van der Waals surface area contributed by atoms with Crippen molar-refractivity contribution in [2.75, 3.05) is 45.2 Å². The van der Waals surface area contributed by atoms with Crippen molar-refractivity contribution in [1.82, 2.24) is 14.7 Å². The topological polar surface area (TPSA) is 99.7 Å². The van der Waals surface area contributed by atoms with E-state index >= 15 is 0 Å². The fraction of sp³-hybridized carbons (Fsp3) is 0.450.